The Morgan fingerprint density at radius 3 is 3.05 bits per heavy atom. The molecule has 2 aromatic rings. The molecule has 3 nitrogen and oxygen atoms in total. The van der Waals surface area contributed by atoms with Crippen LogP contribution in [0, 0.1) is 0 Å². The third-order valence-electron chi connectivity index (χ3n) is 3.39. The smallest absolute Gasteiger partial charge is 0.150 e. The standard InChI is InChI=1S/C14H15FN2OS/c15-9-7-11(16-8-9)12(18)5-6-14-17-10-3-1-2-4-13(10)19-14/h1-4,9,11,16H,5-8H2/t9-,11+/m1/s1. The normalized spacial score (nSPS) is 23.0. The third-order valence-corrected chi connectivity index (χ3v) is 4.49. The number of rotatable bonds is 4. The lowest BCUT2D eigenvalue weighted by atomic mass is 10.1. The molecule has 100 valence electrons. The van der Waals surface area contributed by atoms with Gasteiger partial charge in [-0.05, 0) is 12.1 Å². The highest BCUT2D eigenvalue weighted by Crippen LogP contribution is 2.23. The van der Waals surface area contributed by atoms with Crippen LogP contribution >= 0.6 is 11.3 Å². The fourth-order valence-electron chi connectivity index (χ4n) is 2.37. The Kier molecular flexibility index (Phi) is 3.57. The van der Waals surface area contributed by atoms with Gasteiger partial charge in [-0.15, -0.1) is 11.3 Å². The number of hydrogen-bond acceptors (Lipinski definition) is 4. The molecule has 1 aliphatic rings. The maximum atomic E-state index is 13.0. The van der Waals surface area contributed by atoms with Crippen molar-refractivity contribution in [1.82, 2.24) is 10.3 Å². The zero-order valence-corrected chi connectivity index (χ0v) is 11.3. The number of thiazole rings is 1. The summed E-state index contributed by atoms with van der Waals surface area (Å²) in [5.41, 5.74) is 0.984. The second-order valence-corrected chi connectivity index (χ2v) is 5.95. The lowest BCUT2D eigenvalue weighted by Crippen LogP contribution is -2.30. The van der Waals surface area contributed by atoms with Gasteiger partial charge in [0.25, 0.3) is 0 Å². The molecule has 0 radical (unpaired) electrons. The van der Waals surface area contributed by atoms with E-state index in [0.717, 1.165) is 15.2 Å². The van der Waals surface area contributed by atoms with Crippen molar-refractivity contribution in [2.75, 3.05) is 6.54 Å². The first-order valence-electron chi connectivity index (χ1n) is 6.47. The van der Waals surface area contributed by atoms with Gasteiger partial charge in [0.05, 0.1) is 21.3 Å². The molecular weight excluding hydrogens is 263 g/mol. The monoisotopic (exact) mass is 278 g/mol. The van der Waals surface area contributed by atoms with E-state index in [4.69, 9.17) is 0 Å². The molecular formula is C14H15FN2OS. The highest BCUT2D eigenvalue weighted by Gasteiger charge is 2.28. The SMILES string of the molecule is O=C(CCc1nc2ccccc2s1)[C@@H]1C[C@@H](F)CN1. The van der Waals surface area contributed by atoms with Crippen molar-refractivity contribution in [1.29, 1.82) is 0 Å². The predicted octanol–water partition coefficient (Wildman–Crippen LogP) is 2.50. The van der Waals surface area contributed by atoms with Crippen LogP contribution in [0.4, 0.5) is 4.39 Å². The number of nitrogens with one attached hydrogen (secondary N) is 1. The number of ketones is 1. The lowest BCUT2D eigenvalue weighted by Gasteiger charge is -2.07. The Labute approximate surface area is 114 Å². The zero-order chi connectivity index (χ0) is 13.2. The van der Waals surface area contributed by atoms with Crippen LogP contribution in [0.5, 0.6) is 0 Å². The summed E-state index contributed by atoms with van der Waals surface area (Å²) in [6.07, 6.45) is 0.521. The second kappa shape index (κ2) is 5.35. The van der Waals surface area contributed by atoms with E-state index < -0.39 is 6.17 Å². The number of benzene rings is 1. The highest BCUT2D eigenvalue weighted by molar-refractivity contribution is 7.18. The summed E-state index contributed by atoms with van der Waals surface area (Å²) in [5.74, 6) is 0.0967. The lowest BCUT2D eigenvalue weighted by molar-refractivity contribution is -0.120. The summed E-state index contributed by atoms with van der Waals surface area (Å²) in [7, 11) is 0. The number of Topliss-reactive ketones (excluding diaryl/α,β-unsaturated/α-hetero) is 1. The van der Waals surface area contributed by atoms with Crippen molar-refractivity contribution in [3.8, 4) is 0 Å². The fraction of sp³-hybridized carbons (Fsp3) is 0.429. The first-order valence-corrected chi connectivity index (χ1v) is 7.28. The van der Waals surface area contributed by atoms with Gasteiger partial charge in [0.15, 0.2) is 0 Å². The first-order chi connectivity index (χ1) is 9.22. The molecule has 5 heteroatoms. The summed E-state index contributed by atoms with van der Waals surface area (Å²) in [6.45, 7) is 0.303. The van der Waals surface area contributed by atoms with Crippen molar-refractivity contribution in [2.45, 2.75) is 31.5 Å². The maximum absolute atomic E-state index is 13.0. The summed E-state index contributed by atoms with van der Waals surface area (Å²) in [5, 5.41) is 3.90. The van der Waals surface area contributed by atoms with Gasteiger partial charge >= 0.3 is 0 Å². The van der Waals surface area contributed by atoms with Gasteiger partial charge in [-0.2, -0.15) is 0 Å². The minimum Gasteiger partial charge on any atom is -0.304 e. The molecule has 1 saturated heterocycles. The number of aromatic nitrogens is 1. The summed E-state index contributed by atoms with van der Waals surface area (Å²) in [6, 6.07) is 7.65. The number of halogens is 1. The molecule has 2 heterocycles. The van der Waals surface area contributed by atoms with Crippen LogP contribution in [0.3, 0.4) is 0 Å². The minimum atomic E-state index is -0.878. The number of para-hydroxylation sites is 1. The summed E-state index contributed by atoms with van der Waals surface area (Å²) >= 11 is 1.62. The molecule has 0 saturated carbocycles. The van der Waals surface area contributed by atoms with Gasteiger partial charge in [0.1, 0.15) is 12.0 Å². The average Bonchev–Trinajstić information content (AvgIpc) is 3.01. The molecule has 0 unspecified atom stereocenters. The van der Waals surface area contributed by atoms with E-state index >= 15 is 0 Å². The third kappa shape index (κ3) is 2.82. The van der Waals surface area contributed by atoms with Crippen molar-refractivity contribution < 1.29 is 9.18 Å². The van der Waals surface area contributed by atoms with Crippen LogP contribution in [0.25, 0.3) is 10.2 Å². The maximum Gasteiger partial charge on any atom is 0.150 e. The first kappa shape index (κ1) is 12.7. The van der Waals surface area contributed by atoms with Crippen LogP contribution in [-0.2, 0) is 11.2 Å². The molecule has 0 amide bonds. The number of aryl methyl sites for hydroxylation is 1. The Morgan fingerprint density at radius 2 is 2.32 bits per heavy atom. The van der Waals surface area contributed by atoms with E-state index in [1.54, 1.807) is 11.3 Å². The van der Waals surface area contributed by atoms with Crippen molar-refractivity contribution in [2.24, 2.45) is 0 Å². The van der Waals surface area contributed by atoms with Crippen LogP contribution < -0.4 is 5.32 Å². The van der Waals surface area contributed by atoms with E-state index in [0.29, 0.717) is 25.8 Å². The van der Waals surface area contributed by atoms with Crippen LogP contribution in [0.2, 0.25) is 0 Å². The van der Waals surface area contributed by atoms with Gasteiger partial charge < -0.3 is 5.32 Å². The Morgan fingerprint density at radius 1 is 1.47 bits per heavy atom. The molecule has 19 heavy (non-hydrogen) atoms. The van der Waals surface area contributed by atoms with Crippen molar-refractivity contribution >= 4 is 27.3 Å². The number of carbonyl (C=O) groups excluding carboxylic acids is 1. The highest BCUT2D eigenvalue weighted by atomic mass is 32.1. The quantitative estimate of drug-likeness (QED) is 0.934. The molecule has 2 atom stereocenters. The molecule has 1 N–H and O–H groups in total. The Hall–Kier alpha value is -1.33. The van der Waals surface area contributed by atoms with Crippen LogP contribution in [-0.4, -0.2) is 29.5 Å². The van der Waals surface area contributed by atoms with Crippen LogP contribution in [0.15, 0.2) is 24.3 Å². The molecule has 1 aromatic carbocycles. The predicted molar refractivity (Wildman–Crippen MR) is 74.3 cm³/mol. The van der Waals surface area contributed by atoms with Crippen molar-refractivity contribution in [3.05, 3.63) is 29.3 Å². The second-order valence-electron chi connectivity index (χ2n) is 4.84. The number of carbonyl (C=O) groups is 1. The Bertz CT molecular complexity index is 565. The summed E-state index contributed by atoms with van der Waals surface area (Å²) in [4.78, 5) is 16.4. The molecule has 1 fully saturated rings. The van der Waals surface area contributed by atoms with Gasteiger partial charge in [0.2, 0.25) is 0 Å². The fourth-order valence-corrected chi connectivity index (χ4v) is 3.34. The number of alkyl halides is 1. The van der Waals surface area contributed by atoms with Gasteiger partial charge in [-0.25, -0.2) is 9.37 Å². The van der Waals surface area contributed by atoms with Gasteiger partial charge in [-0.3, -0.25) is 4.79 Å². The molecule has 1 aromatic heterocycles. The van der Waals surface area contributed by atoms with E-state index in [1.807, 2.05) is 24.3 Å². The van der Waals surface area contributed by atoms with E-state index in [1.165, 1.54) is 0 Å². The molecule has 3 rings (SSSR count). The zero-order valence-electron chi connectivity index (χ0n) is 10.4. The van der Waals surface area contributed by atoms with E-state index in [9.17, 15) is 9.18 Å². The Balaban J connectivity index is 1.61. The molecule has 0 bridgehead atoms. The van der Waals surface area contributed by atoms with Crippen molar-refractivity contribution in [3.63, 3.8) is 0 Å². The van der Waals surface area contributed by atoms with E-state index in [2.05, 4.69) is 10.3 Å². The average molecular weight is 278 g/mol. The topological polar surface area (TPSA) is 42.0 Å². The molecule has 0 spiro atoms. The largest absolute Gasteiger partial charge is 0.304 e. The molecule has 0 aliphatic carbocycles. The van der Waals surface area contributed by atoms with E-state index in [-0.39, 0.29) is 11.8 Å². The molecule has 1 aliphatic heterocycles. The summed E-state index contributed by atoms with van der Waals surface area (Å²) < 4.78 is 14.2. The van der Waals surface area contributed by atoms with Gasteiger partial charge in [0, 0.05) is 25.8 Å². The van der Waals surface area contributed by atoms with Crippen LogP contribution in [0.1, 0.15) is 17.8 Å². The number of hydrogen-bond donors (Lipinski definition) is 1. The number of fused-ring (bicyclic) bond motifs is 1. The number of nitrogens with zero attached hydrogens (tertiary/aromatic N) is 1. The van der Waals surface area contributed by atoms with Gasteiger partial charge in [-0.1, -0.05) is 12.1 Å². The minimum absolute atomic E-state index is 0.0967.